The summed E-state index contributed by atoms with van der Waals surface area (Å²) in [5.74, 6) is 0.724. The zero-order valence-corrected chi connectivity index (χ0v) is 15.1. The molecule has 4 aromatic rings. The Labute approximate surface area is 156 Å². The van der Waals surface area contributed by atoms with Crippen LogP contribution in [0.3, 0.4) is 0 Å². The van der Waals surface area contributed by atoms with Gasteiger partial charge in [0.2, 0.25) is 11.7 Å². The van der Waals surface area contributed by atoms with Crippen molar-refractivity contribution in [3.63, 3.8) is 0 Å². The second-order valence-electron chi connectivity index (χ2n) is 6.29. The lowest BCUT2D eigenvalue weighted by atomic mass is 10.1. The first-order chi connectivity index (χ1) is 13.2. The van der Waals surface area contributed by atoms with E-state index in [1.165, 1.54) is 0 Å². The van der Waals surface area contributed by atoms with E-state index in [1.54, 1.807) is 24.3 Å². The first-order valence-electron chi connectivity index (χ1n) is 8.75. The van der Waals surface area contributed by atoms with Gasteiger partial charge in [0.15, 0.2) is 0 Å². The number of nitrogens with zero attached hydrogens (tertiary/aromatic N) is 4. The second-order valence-corrected chi connectivity index (χ2v) is 6.29. The van der Waals surface area contributed by atoms with Crippen LogP contribution in [0.5, 0.6) is 0 Å². The van der Waals surface area contributed by atoms with Crippen LogP contribution in [0.4, 0.5) is 0 Å². The van der Waals surface area contributed by atoms with Crippen molar-refractivity contribution in [2.45, 2.75) is 19.9 Å². The summed E-state index contributed by atoms with van der Waals surface area (Å²) in [6.07, 6.45) is 4.12. The van der Waals surface area contributed by atoms with Gasteiger partial charge in [-0.3, -0.25) is 9.78 Å². The van der Waals surface area contributed by atoms with Gasteiger partial charge in [0.1, 0.15) is 12.2 Å². The Kier molecular flexibility index (Phi) is 4.42. The zero-order chi connectivity index (χ0) is 18.8. The fourth-order valence-corrected chi connectivity index (χ4v) is 3.15. The molecule has 0 bridgehead atoms. The quantitative estimate of drug-likeness (QED) is 0.588. The molecule has 0 aliphatic heterocycles. The number of carbonyl (C=O) groups is 1. The van der Waals surface area contributed by atoms with E-state index < -0.39 is 0 Å². The van der Waals surface area contributed by atoms with Gasteiger partial charge in [0, 0.05) is 35.9 Å². The van der Waals surface area contributed by atoms with E-state index in [0.717, 1.165) is 28.5 Å². The number of para-hydroxylation sites is 1. The molecule has 0 unspecified atom stereocenters. The maximum Gasteiger partial charge on any atom is 0.270 e. The van der Waals surface area contributed by atoms with Gasteiger partial charge < -0.3 is 14.4 Å². The van der Waals surface area contributed by atoms with Crippen molar-refractivity contribution in [1.82, 2.24) is 25.0 Å². The van der Waals surface area contributed by atoms with Gasteiger partial charge in [0.05, 0.1) is 0 Å². The Morgan fingerprint density at radius 3 is 2.85 bits per heavy atom. The molecule has 136 valence electrons. The summed E-state index contributed by atoms with van der Waals surface area (Å²) in [6.45, 7) is 2.27. The van der Waals surface area contributed by atoms with Gasteiger partial charge >= 0.3 is 0 Å². The maximum atomic E-state index is 13.0. The van der Waals surface area contributed by atoms with Crippen LogP contribution < -0.4 is 0 Å². The number of nitrogens with one attached hydrogen (secondary N) is 1. The highest BCUT2D eigenvalue weighted by Gasteiger charge is 2.21. The monoisotopic (exact) mass is 361 g/mol. The van der Waals surface area contributed by atoms with Crippen LogP contribution in [0.2, 0.25) is 0 Å². The molecular weight excluding hydrogens is 342 g/mol. The second kappa shape index (κ2) is 7.03. The first kappa shape index (κ1) is 17.0. The molecular formula is C20H19N5O2. The molecule has 1 N–H and O–H groups in total. The summed E-state index contributed by atoms with van der Waals surface area (Å²) in [5, 5.41) is 5.05. The molecule has 7 nitrogen and oxygen atoms in total. The van der Waals surface area contributed by atoms with Crippen molar-refractivity contribution in [2.75, 3.05) is 7.05 Å². The number of aryl methyl sites for hydroxylation is 1. The number of rotatable bonds is 5. The number of pyridine rings is 1. The Morgan fingerprint density at radius 2 is 2.07 bits per heavy atom. The molecule has 0 radical (unpaired) electrons. The van der Waals surface area contributed by atoms with E-state index in [-0.39, 0.29) is 12.5 Å². The van der Waals surface area contributed by atoms with E-state index in [1.807, 2.05) is 43.3 Å². The van der Waals surface area contributed by atoms with Crippen LogP contribution in [0.25, 0.3) is 22.3 Å². The molecule has 7 heteroatoms. The number of carbonyl (C=O) groups excluding carboxylic acids is 1. The van der Waals surface area contributed by atoms with Crippen LogP contribution >= 0.6 is 0 Å². The predicted octanol–water partition coefficient (Wildman–Crippen LogP) is 3.45. The average Bonchev–Trinajstić information content (AvgIpc) is 3.32. The van der Waals surface area contributed by atoms with E-state index >= 15 is 0 Å². The smallest absolute Gasteiger partial charge is 0.270 e. The normalized spacial score (nSPS) is 11.0. The molecule has 3 heterocycles. The summed E-state index contributed by atoms with van der Waals surface area (Å²) >= 11 is 0. The SMILES string of the molecule is CCc1c(C(=O)N(C)Cc2nc(-c3cccnc3)no2)[nH]c2ccccc12. The minimum atomic E-state index is -0.107. The standard InChI is InChI=1S/C20H19N5O2/c1-3-14-15-8-4-5-9-16(15)22-18(14)20(26)25(2)12-17-23-19(24-27-17)13-7-6-10-21-11-13/h4-11,22H,3,12H2,1-2H3. The third-order valence-electron chi connectivity index (χ3n) is 4.49. The summed E-state index contributed by atoms with van der Waals surface area (Å²) in [7, 11) is 1.72. The molecule has 0 fully saturated rings. The summed E-state index contributed by atoms with van der Waals surface area (Å²) in [5.41, 5.74) is 3.35. The molecule has 0 saturated carbocycles. The largest absolute Gasteiger partial charge is 0.350 e. The lowest BCUT2D eigenvalue weighted by molar-refractivity contribution is 0.0763. The minimum Gasteiger partial charge on any atom is -0.350 e. The molecule has 0 spiro atoms. The van der Waals surface area contributed by atoms with Gasteiger partial charge in [-0.15, -0.1) is 0 Å². The topological polar surface area (TPSA) is 87.9 Å². The lowest BCUT2D eigenvalue weighted by Crippen LogP contribution is -2.27. The number of amides is 1. The van der Waals surface area contributed by atoms with Crippen molar-refractivity contribution in [3.8, 4) is 11.4 Å². The molecule has 1 aromatic carbocycles. The van der Waals surface area contributed by atoms with Crippen LogP contribution in [-0.4, -0.2) is 38.0 Å². The van der Waals surface area contributed by atoms with Gasteiger partial charge in [-0.1, -0.05) is 30.3 Å². The highest BCUT2D eigenvalue weighted by atomic mass is 16.5. The number of benzene rings is 1. The van der Waals surface area contributed by atoms with Crippen LogP contribution in [0, 0.1) is 0 Å². The third-order valence-corrected chi connectivity index (χ3v) is 4.49. The Bertz CT molecular complexity index is 1080. The zero-order valence-electron chi connectivity index (χ0n) is 15.1. The fourth-order valence-electron chi connectivity index (χ4n) is 3.15. The van der Waals surface area contributed by atoms with Crippen LogP contribution in [-0.2, 0) is 13.0 Å². The number of aromatic amines is 1. The van der Waals surface area contributed by atoms with Crippen molar-refractivity contribution in [1.29, 1.82) is 0 Å². The van der Waals surface area contributed by atoms with Crippen molar-refractivity contribution in [2.24, 2.45) is 0 Å². The molecule has 27 heavy (non-hydrogen) atoms. The van der Waals surface area contributed by atoms with Crippen molar-refractivity contribution in [3.05, 3.63) is 65.9 Å². The van der Waals surface area contributed by atoms with Crippen LogP contribution in [0.15, 0.2) is 53.3 Å². The molecule has 3 aromatic heterocycles. The van der Waals surface area contributed by atoms with Gasteiger partial charge in [-0.05, 0) is 30.2 Å². The number of aromatic nitrogens is 4. The van der Waals surface area contributed by atoms with Crippen molar-refractivity contribution < 1.29 is 9.32 Å². The summed E-state index contributed by atoms with van der Waals surface area (Å²) in [4.78, 5) is 26.2. The number of hydrogen-bond donors (Lipinski definition) is 1. The maximum absolute atomic E-state index is 13.0. The van der Waals surface area contributed by atoms with Gasteiger partial charge in [-0.2, -0.15) is 4.98 Å². The Morgan fingerprint density at radius 1 is 1.22 bits per heavy atom. The highest BCUT2D eigenvalue weighted by molar-refractivity contribution is 6.00. The molecule has 0 saturated heterocycles. The average molecular weight is 361 g/mol. The van der Waals surface area contributed by atoms with Crippen LogP contribution in [0.1, 0.15) is 28.9 Å². The number of hydrogen-bond acceptors (Lipinski definition) is 5. The number of fused-ring (bicyclic) bond motifs is 1. The van der Waals surface area contributed by atoms with Crippen molar-refractivity contribution >= 4 is 16.8 Å². The van der Waals surface area contributed by atoms with E-state index in [2.05, 4.69) is 20.1 Å². The number of H-pyrrole nitrogens is 1. The minimum absolute atomic E-state index is 0.107. The highest BCUT2D eigenvalue weighted by Crippen LogP contribution is 2.24. The summed E-state index contributed by atoms with van der Waals surface area (Å²) < 4.78 is 5.30. The Balaban J connectivity index is 1.56. The lowest BCUT2D eigenvalue weighted by Gasteiger charge is -2.14. The first-order valence-corrected chi connectivity index (χ1v) is 8.75. The Hall–Kier alpha value is -3.48. The fraction of sp³-hybridized carbons (Fsp3) is 0.200. The van der Waals surface area contributed by atoms with E-state index in [0.29, 0.717) is 17.4 Å². The molecule has 1 amide bonds. The molecule has 0 aliphatic carbocycles. The molecule has 0 atom stereocenters. The third kappa shape index (κ3) is 3.19. The predicted molar refractivity (Wildman–Crippen MR) is 101 cm³/mol. The van der Waals surface area contributed by atoms with Gasteiger partial charge in [-0.25, -0.2) is 0 Å². The molecule has 0 aliphatic rings. The summed E-state index contributed by atoms with van der Waals surface area (Å²) in [6, 6.07) is 11.6. The van der Waals surface area contributed by atoms with E-state index in [4.69, 9.17) is 4.52 Å². The molecule has 4 rings (SSSR count). The van der Waals surface area contributed by atoms with E-state index in [9.17, 15) is 4.79 Å². The van der Waals surface area contributed by atoms with Gasteiger partial charge in [0.25, 0.3) is 5.91 Å².